The van der Waals surface area contributed by atoms with E-state index in [1.807, 2.05) is 14.0 Å². The molecule has 0 bridgehead atoms. The zero-order valence-corrected chi connectivity index (χ0v) is 7.02. The summed E-state index contributed by atoms with van der Waals surface area (Å²) in [5.41, 5.74) is 0. The third-order valence-corrected chi connectivity index (χ3v) is 1.19. The summed E-state index contributed by atoms with van der Waals surface area (Å²) < 4.78 is 10.3. The fourth-order valence-corrected chi connectivity index (χ4v) is 0.815. The van der Waals surface area contributed by atoms with E-state index in [2.05, 4.69) is 5.32 Å². The number of hydrogen-bond donors (Lipinski definition) is 1. The summed E-state index contributed by atoms with van der Waals surface area (Å²) in [4.78, 5) is 0. The van der Waals surface area contributed by atoms with Crippen LogP contribution in [-0.2, 0) is 9.47 Å². The first-order valence-corrected chi connectivity index (χ1v) is 3.60. The number of nitrogens with one attached hydrogen (secondary N) is 1. The van der Waals surface area contributed by atoms with Crippen LogP contribution in [0, 0.1) is 0 Å². The predicted octanol–water partition coefficient (Wildman–Crippen LogP) is 0.257. The van der Waals surface area contributed by atoms with Crippen LogP contribution in [-0.4, -0.2) is 40.0 Å². The molecule has 0 rings (SSSR count). The Morgan fingerprint density at radius 3 is 2.60 bits per heavy atom. The summed E-state index contributed by atoms with van der Waals surface area (Å²) in [5.74, 6) is 0. The number of ether oxygens (including phenoxy) is 2. The van der Waals surface area contributed by atoms with Crippen LogP contribution in [0.25, 0.3) is 0 Å². The molecule has 0 aromatic rings. The molecule has 0 heterocycles. The van der Waals surface area contributed by atoms with Gasteiger partial charge in [-0.15, -0.1) is 0 Å². The van der Waals surface area contributed by atoms with Crippen molar-refractivity contribution in [3.8, 4) is 0 Å². The molecule has 1 atom stereocenters. The Bertz CT molecular complexity index is 54.4. The summed E-state index contributed by atoms with van der Waals surface area (Å²) in [7, 11) is 3.59. The van der Waals surface area contributed by atoms with Gasteiger partial charge in [-0.1, -0.05) is 0 Å². The van der Waals surface area contributed by atoms with Gasteiger partial charge in [-0.05, 0) is 14.0 Å². The number of rotatable bonds is 6. The van der Waals surface area contributed by atoms with Crippen LogP contribution >= 0.6 is 0 Å². The Hall–Kier alpha value is -0.120. The number of hydrogen-bond acceptors (Lipinski definition) is 3. The highest BCUT2D eigenvalue weighted by atomic mass is 16.5. The molecule has 0 aliphatic rings. The predicted molar refractivity (Wildman–Crippen MR) is 41.2 cm³/mol. The molecule has 0 aliphatic heterocycles. The minimum absolute atomic E-state index is 0.194. The van der Waals surface area contributed by atoms with E-state index in [-0.39, 0.29) is 6.10 Å². The molecule has 0 unspecified atom stereocenters. The maximum atomic E-state index is 5.34. The molecule has 0 saturated carbocycles. The molecule has 10 heavy (non-hydrogen) atoms. The molecule has 0 aromatic carbocycles. The first-order valence-electron chi connectivity index (χ1n) is 3.60. The first-order chi connectivity index (χ1) is 4.85. The molecule has 62 valence electrons. The molecule has 0 aliphatic carbocycles. The lowest BCUT2D eigenvalue weighted by Gasteiger charge is -2.14. The minimum Gasteiger partial charge on any atom is -0.382 e. The van der Waals surface area contributed by atoms with E-state index >= 15 is 0 Å². The van der Waals surface area contributed by atoms with E-state index in [0.29, 0.717) is 6.61 Å². The lowest BCUT2D eigenvalue weighted by atomic mass is 10.4. The average molecular weight is 147 g/mol. The second-order valence-corrected chi connectivity index (χ2v) is 2.09. The Labute approximate surface area is 62.7 Å². The summed E-state index contributed by atoms with van der Waals surface area (Å²) in [6.45, 7) is 4.24. The Morgan fingerprint density at radius 2 is 2.20 bits per heavy atom. The van der Waals surface area contributed by atoms with Crippen LogP contribution in [0.2, 0.25) is 0 Å². The maximum absolute atomic E-state index is 5.34. The van der Waals surface area contributed by atoms with Crippen LogP contribution in [0.1, 0.15) is 6.92 Å². The lowest BCUT2D eigenvalue weighted by molar-refractivity contribution is 0.00604. The van der Waals surface area contributed by atoms with Gasteiger partial charge in [-0.3, -0.25) is 0 Å². The quantitative estimate of drug-likeness (QED) is 0.584. The van der Waals surface area contributed by atoms with Gasteiger partial charge in [-0.2, -0.15) is 0 Å². The van der Waals surface area contributed by atoms with Crippen LogP contribution in [0.5, 0.6) is 0 Å². The van der Waals surface area contributed by atoms with E-state index in [1.165, 1.54) is 0 Å². The van der Waals surface area contributed by atoms with Crippen LogP contribution < -0.4 is 5.32 Å². The molecule has 3 nitrogen and oxygen atoms in total. The van der Waals surface area contributed by atoms with Crippen molar-refractivity contribution < 1.29 is 9.47 Å². The number of methoxy groups -OCH3 is 1. The van der Waals surface area contributed by atoms with Crippen LogP contribution in [0.15, 0.2) is 0 Å². The second-order valence-electron chi connectivity index (χ2n) is 2.09. The van der Waals surface area contributed by atoms with Gasteiger partial charge in [0.25, 0.3) is 0 Å². The lowest BCUT2D eigenvalue weighted by Crippen LogP contribution is -2.30. The van der Waals surface area contributed by atoms with Crippen molar-refractivity contribution in [1.29, 1.82) is 0 Å². The van der Waals surface area contributed by atoms with Gasteiger partial charge in [0, 0.05) is 20.3 Å². The standard InChI is InChI=1S/C7H17NO2/c1-4-10-7(5-8-2)6-9-3/h7-8H,4-6H2,1-3H3/t7-/m1/s1. The second kappa shape index (κ2) is 6.99. The van der Waals surface area contributed by atoms with E-state index < -0.39 is 0 Å². The SMILES string of the molecule is CCO[C@H](CNC)COC. The summed E-state index contributed by atoms with van der Waals surface area (Å²) in [6.07, 6.45) is 0.194. The molecule has 1 N–H and O–H groups in total. The molecular formula is C7H17NO2. The van der Waals surface area contributed by atoms with Gasteiger partial charge < -0.3 is 14.8 Å². The fourth-order valence-electron chi connectivity index (χ4n) is 0.815. The maximum Gasteiger partial charge on any atom is 0.0931 e. The van der Waals surface area contributed by atoms with Crippen molar-refractivity contribution in [2.24, 2.45) is 0 Å². The monoisotopic (exact) mass is 147 g/mol. The molecule has 0 fully saturated rings. The van der Waals surface area contributed by atoms with Crippen molar-refractivity contribution in [2.45, 2.75) is 13.0 Å². The van der Waals surface area contributed by atoms with Gasteiger partial charge in [0.1, 0.15) is 0 Å². The third kappa shape index (κ3) is 4.73. The summed E-state index contributed by atoms with van der Waals surface area (Å²) in [5, 5.41) is 3.03. The Kier molecular flexibility index (Phi) is 6.91. The van der Waals surface area contributed by atoms with Crippen molar-refractivity contribution in [3.63, 3.8) is 0 Å². The first kappa shape index (κ1) is 9.88. The normalized spacial score (nSPS) is 13.5. The van der Waals surface area contributed by atoms with E-state index in [0.717, 1.165) is 13.2 Å². The molecule has 0 radical (unpaired) electrons. The van der Waals surface area contributed by atoms with Crippen molar-refractivity contribution in [3.05, 3.63) is 0 Å². The van der Waals surface area contributed by atoms with Gasteiger partial charge in [-0.25, -0.2) is 0 Å². The van der Waals surface area contributed by atoms with Gasteiger partial charge in [0.05, 0.1) is 12.7 Å². The van der Waals surface area contributed by atoms with Gasteiger partial charge in [0.15, 0.2) is 0 Å². The van der Waals surface area contributed by atoms with E-state index in [9.17, 15) is 0 Å². The molecule has 3 heteroatoms. The van der Waals surface area contributed by atoms with Crippen LogP contribution in [0.4, 0.5) is 0 Å². The molecule has 0 aromatic heterocycles. The van der Waals surface area contributed by atoms with Crippen LogP contribution in [0.3, 0.4) is 0 Å². The highest BCUT2D eigenvalue weighted by molar-refractivity contribution is 4.57. The largest absolute Gasteiger partial charge is 0.382 e. The van der Waals surface area contributed by atoms with Crippen molar-refractivity contribution in [1.82, 2.24) is 5.32 Å². The zero-order chi connectivity index (χ0) is 7.82. The topological polar surface area (TPSA) is 30.5 Å². The van der Waals surface area contributed by atoms with E-state index in [1.54, 1.807) is 7.11 Å². The smallest absolute Gasteiger partial charge is 0.0931 e. The summed E-state index contributed by atoms with van der Waals surface area (Å²) in [6, 6.07) is 0. The molecule has 0 saturated heterocycles. The summed E-state index contributed by atoms with van der Waals surface area (Å²) >= 11 is 0. The highest BCUT2D eigenvalue weighted by Crippen LogP contribution is 1.89. The molecular weight excluding hydrogens is 130 g/mol. The molecule has 0 amide bonds. The Morgan fingerprint density at radius 1 is 1.50 bits per heavy atom. The van der Waals surface area contributed by atoms with Gasteiger partial charge in [0.2, 0.25) is 0 Å². The Balaban J connectivity index is 3.30. The number of likely N-dealkylation sites (N-methyl/N-ethyl adjacent to an activating group) is 1. The molecule has 0 spiro atoms. The van der Waals surface area contributed by atoms with Crippen molar-refractivity contribution >= 4 is 0 Å². The third-order valence-electron chi connectivity index (χ3n) is 1.19. The fraction of sp³-hybridized carbons (Fsp3) is 1.00. The minimum atomic E-state index is 0.194. The van der Waals surface area contributed by atoms with Gasteiger partial charge >= 0.3 is 0 Å². The highest BCUT2D eigenvalue weighted by Gasteiger charge is 2.04. The van der Waals surface area contributed by atoms with E-state index in [4.69, 9.17) is 9.47 Å². The zero-order valence-electron chi connectivity index (χ0n) is 7.02. The van der Waals surface area contributed by atoms with Crippen molar-refractivity contribution in [2.75, 3.05) is 33.9 Å². The average Bonchev–Trinajstić information content (AvgIpc) is 1.90.